The number of nitriles is 1. The fourth-order valence-electron chi connectivity index (χ4n) is 5.26. The standard InChI is InChI=1S/C27H25N7O3S/c28-14-17-11-20(19-1-2-29-22(19)13-17)25-31-23-21-12-18(16-33-5-9-38(35)10-6-33)15-30-27(21)37-24(23)26(32-25)34-3-7-36-8-4-34/h1-2,11-13,15,29H,3-10,16H2. The number of ether oxygens (including phenoxy) is 1. The first kappa shape index (κ1) is 23.4. The molecule has 5 aromatic rings. The van der Waals surface area contributed by atoms with Gasteiger partial charge in [-0.25, -0.2) is 15.0 Å². The van der Waals surface area contributed by atoms with Gasteiger partial charge in [0.05, 0.1) is 30.2 Å². The first-order chi connectivity index (χ1) is 18.7. The van der Waals surface area contributed by atoms with Gasteiger partial charge in [-0.3, -0.25) is 4.90 Å². The summed E-state index contributed by atoms with van der Waals surface area (Å²) in [5.74, 6) is 2.66. The molecule has 10 nitrogen and oxygen atoms in total. The third-order valence-corrected chi connectivity index (χ3v) is 8.51. The zero-order valence-corrected chi connectivity index (χ0v) is 21.5. The van der Waals surface area contributed by atoms with E-state index in [-0.39, 0.29) is 0 Å². The van der Waals surface area contributed by atoms with Gasteiger partial charge in [-0.1, -0.05) is 11.2 Å². The molecule has 0 unspecified atom stereocenters. The Labute approximate surface area is 221 Å². The van der Waals surface area contributed by atoms with Crippen molar-refractivity contribution in [2.75, 3.05) is 55.8 Å². The molecule has 0 atom stereocenters. The average Bonchev–Trinajstić information content (AvgIpc) is 3.58. The number of hydrogen-bond acceptors (Lipinski definition) is 9. The quantitative estimate of drug-likeness (QED) is 0.350. The zero-order chi connectivity index (χ0) is 25.6. The maximum Gasteiger partial charge on any atom is 0.229 e. The molecule has 7 rings (SSSR count). The highest BCUT2D eigenvalue weighted by Gasteiger charge is 2.25. The molecule has 2 aliphatic heterocycles. The van der Waals surface area contributed by atoms with Gasteiger partial charge in [-0.05, 0) is 29.8 Å². The van der Waals surface area contributed by atoms with Gasteiger partial charge in [0.2, 0.25) is 5.71 Å². The summed E-state index contributed by atoms with van der Waals surface area (Å²) in [5.41, 5.74) is 5.06. The molecule has 6 heterocycles. The third-order valence-electron chi connectivity index (χ3n) is 7.24. The number of aromatic amines is 1. The SMILES string of the molecule is N#Cc1cc(-c2nc(N3CCOCC3)c3oc4ncc(CN5CC[S+]([O-])CC5)cc4c3n2)c2cc[nH]c2c1. The number of hydrogen-bond donors (Lipinski definition) is 1. The first-order valence-electron chi connectivity index (χ1n) is 12.7. The maximum atomic E-state index is 11.8. The molecular formula is C27H25N7O3S. The summed E-state index contributed by atoms with van der Waals surface area (Å²) < 4.78 is 23.6. The summed E-state index contributed by atoms with van der Waals surface area (Å²) >= 11 is -0.714. The van der Waals surface area contributed by atoms with Gasteiger partial charge in [0.15, 0.2) is 17.2 Å². The number of nitrogens with zero attached hydrogens (tertiary/aromatic N) is 6. The summed E-state index contributed by atoms with van der Waals surface area (Å²) in [4.78, 5) is 22.3. The van der Waals surface area contributed by atoms with Crippen molar-refractivity contribution in [1.82, 2.24) is 24.8 Å². The number of nitrogens with one attached hydrogen (secondary N) is 1. The van der Waals surface area contributed by atoms with E-state index < -0.39 is 11.2 Å². The van der Waals surface area contributed by atoms with Crippen molar-refractivity contribution in [3.63, 3.8) is 0 Å². The number of anilines is 1. The highest BCUT2D eigenvalue weighted by Crippen LogP contribution is 2.37. The Kier molecular flexibility index (Phi) is 5.89. The van der Waals surface area contributed by atoms with Gasteiger partial charge in [0.1, 0.15) is 17.0 Å². The predicted octanol–water partition coefficient (Wildman–Crippen LogP) is 3.19. The van der Waals surface area contributed by atoms with Crippen LogP contribution in [0.25, 0.3) is 44.5 Å². The molecule has 2 saturated heterocycles. The van der Waals surface area contributed by atoms with Crippen molar-refractivity contribution in [1.29, 1.82) is 5.26 Å². The molecule has 0 aliphatic carbocycles. The Hall–Kier alpha value is -3.69. The highest BCUT2D eigenvalue weighted by atomic mass is 32.2. The van der Waals surface area contributed by atoms with Gasteiger partial charge >= 0.3 is 0 Å². The molecule has 0 bridgehead atoms. The monoisotopic (exact) mass is 527 g/mol. The minimum Gasteiger partial charge on any atom is -0.616 e. The first-order valence-corrected chi connectivity index (χ1v) is 14.2. The van der Waals surface area contributed by atoms with Crippen LogP contribution >= 0.6 is 0 Å². The Morgan fingerprint density at radius 3 is 2.74 bits per heavy atom. The van der Waals surface area contributed by atoms with Crippen LogP contribution in [0.4, 0.5) is 5.82 Å². The van der Waals surface area contributed by atoms with Gasteiger partial charge in [-0.15, -0.1) is 0 Å². The smallest absolute Gasteiger partial charge is 0.229 e. The second kappa shape index (κ2) is 9.56. The minimum atomic E-state index is -0.714. The predicted molar refractivity (Wildman–Crippen MR) is 145 cm³/mol. The van der Waals surface area contributed by atoms with Crippen LogP contribution in [0.1, 0.15) is 11.1 Å². The molecule has 0 spiro atoms. The summed E-state index contributed by atoms with van der Waals surface area (Å²) in [6.45, 7) is 4.95. The zero-order valence-electron chi connectivity index (χ0n) is 20.6. The lowest BCUT2D eigenvalue weighted by atomic mass is 10.1. The summed E-state index contributed by atoms with van der Waals surface area (Å²) in [7, 11) is 0. The van der Waals surface area contributed by atoms with Crippen LogP contribution in [0.3, 0.4) is 0 Å². The molecule has 0 amide bonds. The third kappa shape index (κ3) is 4.16. The number of H-pyrrole nitrogens is 1. The second-order valence-corrected chi connectivity index (χ2v) is 11.3. The number of furan rings is 1. The van der Waals surface area contributed by atoms with E-state index in [0.29, 0.717) is 71.8 Å². The molecule has 1 aromatic carbocycles. The van der Waals surface area contributed by atoms with Crippen molar-refractivity contribution < 1.29 is 13.7 Å². The lowest BCUT2D eigenvalue weighted by molar-refractivity contribution is 0.122. The average molecular weight is 528 g/mol. The van der Waals surface area contributed by atoms with E-state index in [4.69, 9.17) is 19.1 Å². The van der Waals surface area contributed by atoms with E-state index in [9.17, 15) is 9.81 Å². The van der Waals surface area contributed by atoms with Crippen LogP contribution in [0, 0.1) is 11.3 Å². The van der Waals surface area contributed by atoms with Crippen LogP contribution in [0.2, 0.25) is 0 Å². The molecule has 2 fully saturated rings. The van der Waals surface area contributed by atoms with Crippen molar-refractivity contribution in [2.45, 2.75) is 6.54 Å². The van der Waals surface area contributed by atoms with E-state index in [1.807, 2.05) is 30.6 Å². The van der Waals surface area contributed by atoms with E-state index >= 15 is 0 Å². The Morgan fingerprint density at radius 2 is 1.92 bits per heavy atom. The second-order valence-electron chi connectivity index (χ2n) is 9.65. The van der Waals surface area contributed by atoms with Gasteiger partial charge in [-0.2, -0.15) is 5.26 Å². The molecule has 4 aromatic heterocycles. The number of morpholine rings is 1. The summed E-state index contributed by atoms with van der Waals surface area (Å²) in [6, 6.07) is 10.00. The van der Waals surface area contributed by atoms with Crippen LogP contribution in [0.5, 0.6) is 0 Å². The number of aromatic nitrogens is 4. The van der Waals surface area contributed by atoms with Crippen molar-refractivity contribution in [3.05, 3.63) is 47.8 Å². The van der Waals surface area contributed by atoms with Gasteiger partial charge in [0, 0.05) is 61.6 Å². The molecule has 11 heteroatoms. The van der Waals surface area contributed by atoms with E-state index in [1.54, 1.807) is 0 Å². The number of benzene rings is 1. The fraction of sp³-hybridized carbons (Fsp3) is 0.333. The fourth-order valence-corrected chi connectivity index (χ4v) is 6.39. The van der Waals surface area contributed by atoms with Gasteiger partial charge < -0.3 is 23.6 Å². The van der Waals surface area contributed by atoms with Crippen molar-refractivity contribution in [2.24, 2.45) is 0 Å². The Balaban J connectivity index is 1.40. The molecule has 2 aliphatic rings. The van der Waals surface area contributed by atoms with E-state index in [2.05, 4.69) is 31.9 Å². The normalized spacial score (nSPS) is 17.5. The van der Waals surface area contributed by atoms with Crippen LogP contribution in [-0.4, -0.2) is 80.3 Å². The largest absolute Gasteiger partial charge is 0.616 e. The lowest BCUT2D eigenvalue weighted by Gasteiger charge is -2.28. The molecular weight excluding hydrogens is 502 g/mol. The van der Waals surface area contributed by atoms with E-state index in [1.165, 1.54) is 0 Å². The Morgan fingerprint density at radius 1 is 1.08 bits per heavy atom. The maximum absolute atomic E-state index is 11.8. The topological polar surface area (TPSA) is 130 Å². The number of rotatable bonds is 4. The summed E-state index contributed by atoms with van der Waals surface area (Å²) in [6.07, 6.45) is 3.70. The minimum absolute atomic E-state index is 0.516. The van der Waals surface area contributed by atoms with Crippen molar-refractivity contribution >= 4 is 50.1 Å². The Bertz CT molecular complexity index is 1690. The van der Waals surface area contributed by atoms with Crippen LogP contribution in [-0.2, 0) is 22.5 Å². The van der Waals surface area contributed by atoms with E-state index in [0.717, 1.165) is 47.1 Å². The van der Waals surface area contributed by atoms with Gasteiger partial charge in [0.25, 0.3) is 0 Å². The van der Waals surface area contributed by atoms with Crippen molar-refractivity contribution in [3.8, 4) is 17.5 Å². The molecule has 1 N–H and O–H groups in total. The van der Waals surface area contributed by atoms with Crippen LogP contribution < -0.4 is 4.90 Å². The highest BCUT2D eigenvalue weighted by molar-refractivity contribution is 7.91. The number of fused-ring (bicyclic) bond motifs is 4. The molecule has 192 valence electrons. The molecule has 0 saturated carbocycles. The summed E-state index contributed by atoms with van der Waals surface area (Å²) in [5, 5.41) is 11.4. The number of pyridine rings is 1. The lowest BCUT2D eigenvalue weighted by Crippen LogP contribution is -2.39. The molecule has 38 heavy (non-hydrogen) atoms. The molecule has 0 radical (unpaired) electrons. The van der Waals surface area contributed by atoms with Crippen LogP contribution in [0.15, 0.2) is 41.1 Å².